The van der Waals surface area contributed by atoms with Crippen molar-refractivity contribution in [3.05, 3.63) is 12.7 Å². The van der Waals surface area contributed by atoms with Crippen LogP contribution in [0.3, 0.4) is 0 Å². The Morgan fingerprint density at radius 2 is 2.09 bits per heavy atom. The smallest absolute Gasteiger partial charge is 0.328 e. The van der Waals surface area contributed by atoms with Gasteiger partial charge >= 0.3 is 5.97 Å². The molecule has 1 N–H and O–H groups in total. The molecule has 132 valence electrons. The summed E-state index contributed by atoms with van der Waals surface area (Å²) in [5.74, 6) is -0.302. The van der Waals surface area contributed by atoms with Gasteiger partial charge in [0.05, 0.1) is 13.2 Å². The fourth-order valence-corrected chi connectivity index (χ4v) is 3.00. The lowest BCUT2D eigenvalue weighted by atomic mass is 9.85. The van der Waals surface area contributed by atoms with Crippen LogP contribution in [0.2, 0.25) is 0 Å². The third-order valence-electron chi connectivity index (χ3n) is 4.31. The molecule has 23 heavy (non-hydrogen) atoms. The number of esters is 1. The minimum atomic E-state index is -0.431. The maximum absolute atomic E-state index is 13.0. The molecule has 1 rings (SSSR count). The van der Waals surface area contributed by atoms with E-state index >= 15 is 0 Å². The Morgan fingerprint density at radius 3 is 2.65 bits per heavy atom. The van der Waals surface area contributed by atoms with Gasteiger partial charge < -0.3 is 15.0 Å². The number of rotatable bonds is 8. The van der Waals surface area contributed by atoms with Crippen molar-refractivity contribution in [2.24, 2.45) is 5.41 Å². The molecule has 1 amide bonds. The lowest BCUT2D eigenvalue weighted by Gasteiger charge is -2.35. The Bertz CT molecular complexity index is 415. The fraction of sp³-hybridized carbons (Fsp3) is 0.778. The summed E-state index contributed by atoms with van der Waals surface area (Å²) in [6.07, 6.45) is 6.52. The molecule has 5 heteroatoms. The lowest BCUT2D eigenvalue weighted by molar-refractivity contribution is -0.152. The largest absolute Gasteiger partial charge is 0.467 e. The minimum Gasteiger partial charge on any atom is -0.467 e. The summed E-state index contributed by atoms with van der Waals surface area (Å²) < 4.78 is 4.84. The summed E-state index contributed by atoms with van der Waals surface area (Å²) in [6, 6.07) is -0.726. The van der Waals surface area contributed by atoms with E-state index in [-0.39, 0.29) is 23.3 Å². The Kier molecular flexibility index (Phi) is 7.76. The maximum Gasteiger partial charge on any atom is 0.328 e. The van der Waals surface area contributed by atoms with Crippen LogP contribution in [0.15, 0.2) is 12.7 Å². The summed E-state index contributed by atoms with van der Waals surface area (Å²) >= 11 is 0. The van der Waals surface area contributed by atoms with E-state index in [4.69, 9.17) is 4.74 Å². The van der Waals surface area contributed by atoms with Gasteiger partial charge in [-0.15, -0.1) is 6.58 Å². The van der Waals surface area contributed by atoms with Crippen LogP contribution >= 0.6 is 0 Å². The lowest BCUT2D eigenvalue weighted by Crippen LogP contribution is -2.55. The van der Waals surface area contributed by atoms with Crippen LogP contribution in [-0.4, -0.2) is 49.1 Å². The monoisotopic (exact) mass is 324 g/mol. The number of amides is 1. The number of nitrogens with one attached hydrogen (secondary N) is 1. The quantitative estimate of drug-likeness (QED) is 0.423. The molecule has 1 heterocycles. The van der Waals surface area contributed by atoms with Crippen LogP contribution in [0.1, 0.15) is 52.9 Å². The number of ether oxygens (including phenoxy) is 1. The summed E-state index contributed by atoms with van der Waals surface area (Å²) in [5.41, 5.74) is -0.210. The van der Waals surface area contributed by atoms with Crippen molar-refractivity contribution in [2.45, 2.75) is 65.0 Å². The van der Waals surface area contributed by atoms with Gasteiger partial charge in [0.15, 0.2) is 0 Å². The summed E-state index contributed by atoms with van der Waals surface area (Å²) in [6.45, 7) is 11.3. The van der Waals surface area contributed by atoms with Crippen molar-refractivity contribution < 1.29 is 14.3 Å². The van der Waals surface area contributed by atoms with Crippen LogP contribution in [0.4, 0.5) is 0 Å². The number of hydrogen-bond acceptors (Lipinski definition) is 4. The van der Waals surface area contributed by atoms with Gasteiger partial charge in [0, 0.05) is 6.54 Å². The Hall–Kier alpha value is -1.36. The predicted molar refractivity (Wildman–Crippen MR) is 92.0 cm³/mol. The standard InChI is InChI=1S/C18H32N2O3/c1-6-7-8-9-12-19-15(18(2,3)4)16(21)20-13-10-11-14(20)17(22)23-5/h6,14-15,19H,1,7-13H2,2-5H3/t14-,15+/m0/s1. The van der Waals surface area contributed by atoms with Gasteiger partial charge in [-0.1, -0.05) is 26.8 Å². The number of likely N-dealkylation sites (tertiary alicyclic amines) is 1. The van der Waals surface area contributed by atoms with Gasteiger partial charge in [0.1, 0.15) is 6.04 Å². The number of unbranched alkanes of at least 4 members (excludes halogenated alkanes) is 2. The number of nitrogens with zero attached hydrogens (tertiary/aromatic N) is 1. The van der Waals surface area contributed by atoms with Crippen LogP contribution in [0, 0.1) is 5.41 Å². The highest BCUT2D eigenvalue weighted by Crippen LogP contribution is 2.26. The molecule has 1 aliphatic heterocycles. The highest BCUT2D eigenvalue weighted by atomic mass is 16.5. The number of hydrogen-bond donors (Lipinski definition) is 1. The molecular formula is C18H32N2O3. The van der Waals surface area contributed by atoms with Crippen LogP contribution in [-0.2, 0) is 14.3 Å². The zero-order valence-corrected chi connectivity index (χ0v) is 15.1. The number of allylic oxidation sites excluding steroid dienone is 1. The highest BCUT2D eigenvalue weighted by Gasteiger charge is 2.41. The molecule has 1 saturated heterocycles. The highest BCUT2D eigenvalue weighted by molar-refractivity contribution is 5.88. The van der Waals surface area contributed by atoms with Crippen LogP contribution in [0.5, 0.6) is 0 Å². The number of carbonyl (C=O) groups excluding carboxylic acids is 2. The molecule has 1 aliphatic rings. The van der Waals surface area contributed by atoms with E-state index < -0.39 is 6.04 Å². The Balaban J connectivity index is 2.71. The minimum absolute atomic E-state index is 0.00845. The second-order valence-corrected chi connectivity index (χ2v) is 7.25. The average Bonchev–Trinajstić information content (AvgIpc) is 2.97. The molecule has 0 spiro atoms. The van der Waals surface area contributed by atoms with E-state index in [1.54, 1.807) is 4.90 Å². The van der Waals surface area contributed by atoms with Crippen LogP contribution in [0.25, 0.3) is 0 Å². The maximum atomic E-state index is 13.0. The summed E-state index contributed by atoms with van der Waals surface area (Å²) in [5, 5.41) is 3.40. The molecule has 0 aromatic carbocycles. The SMILES string of the molecule is C=CCCCCN[C@H](C(=O)N1CCC[C@H]1C(=O)OC)C(C)(C)C. The molecule has 0 aromatic rings. The predicted octanol–water partition coefficient (Wildman–Crippen LogP) is 2.51. The van der Waals surface area contributed by atoms with E-state index in [0.29, 0.717) is 13.0 Å². The third-order valence-corrected chi connectivity index (χ3v) is 4.31. The zero-order chi connectivity index (χ0) is 17.5. The normalized spacial score (nSPS) is 19.5. The number of methoxy groups -OCH3 is 1. The first kappa shape index (κ1) is 19.7. The third kappa shape index (κ3) is 5.65. The van der Waals surface area contributed by atoms with Gasteiger partial charge in [-0.3, -0.25) is 4.79 Å². The Labute approximate surface area is 140 Å². The van der Waals surface area contributed by atoms with Crippen molar-refractivity contribution in [3.63, 3.8) is 0 Å². The molecule has 0 bridgehead atoms. The van der Waals surface area contributed by atoms with E-state index in [0.717, 1.165) is 32.2 Å². The van der Waals surface area contributed by atoms with Gasteiger partial charge in [-0.25, -0.2) is 4.79 Å². The van der Waals surface area contributed by atoms with Crippen molar-refractivity contribution in [3.8, 4) is 0 Å². The second-order valence-electron chi connectivity index (χ2n) is 7.25. The van der Waals surface area contributed by atoms with E-state index in [2.05, 4.69) is 32.7 Å². The molecule has 0 radical (unpaired) electrons. The summed E-state index contributed by atoms with van der Waals surface area (Å²) in [4.78, 5) is 26.6. The average molecular weight is 324 g/mol. The van der Waals surface area contributed by atoms with Gasteiger partial charge in [0.2, 0.25) is 5.91 Å². The van der Waals surface area contributed by atoms with Crippen molar-refractivity contribution in [1.82, 2.24) is 10.2 Å². The van der Waals surface area contributed by atoms with Gasteiger partial charge in [-0.2, -0.15) is 0 Å². The van der Waals surface area contributed by atoms with E-state index in [1.165, 1.54) is 7.11 Å². The molecule has 0 saturated carbocycles. The molecule has 1 fully saturated rings. The second kappa shape index (κ2) is 9.06. The van der Waals surface area contributed by atoms with E-state index in [9.17, 15) is 9.59 Å². The van der Waals surface area contributed by atoms with Crippen molar-refractivity contribution >= 4 is 11.9 Å². The molecule has 0 unspecified atom stereocenters. The van der Waals surface area contributed by atoms with E-state index in [1.807, 2.05) is 6.08 Å². The first-order valence-corrected chi connectivity index (χ1v) is 8.55. The zero-order valence-electron chi connectivity index (χ0n) is 15.1. The Morgan fingerprint density at radius 1 is 1.39 bits per heavy atom. The molecule has 0 aromatic heterocycles. The van der Waals surface area contributed by atoms with Gasteiger partial charge in [0.25, 0.3) is 0 Å². The molecule has 0 aliphatic carbocycles. The molecular weight excluding hydrogens is 292 g/mol. The molecule has 5 nitrogen and oxygen atoms in total. The summed E-state index contributed by atoms with van der Waals surface area (Å²) in [7, 11) is 1.38. The van der Waals surface area contributed by atoms with Crippen molar-refractivity contribution in [2.75, 3.05) is 20.2 Å². The van der Waals surface area contributed by atoms with Crippen molar-refractivity contribution in [1.29, 1.82) is 0 Å². The first-order valence-electron chi connectivity index (χ1n) is 8.55. The fourth-order valence-electron chi connectivity index (χ4n) is 3.00. The molecule has 2 atom stereocenters. The van der Waals surface area contributed by atoms with Gasteiger partial charge in [-0.05, 0) is 44.1 Å². The van der Waals surface area contributed by atoms with Crippen LogP contribution < -0.4 is 5.32 Å². The first-order chi connectivity index (χ1) is 10.8. The topological polar surface area (TPSA) is 58.6 Å². The number of carbonyl (C=O) groups is 2.